The van der Waals surface area contributed by atoms with Crippen LogP contribution in [0.4, 0.5) is 0 Å². The molecular formula is C18H22N4O4S. The van der Waals surface area contributed by atoms with E-state index in [9.17, 15) is 18.0 Å². The maximum absolute atomic E-state index is 12.2. The standard InChI is InChI=1S/C18H22N4O4S/c1-27(25,26)12-16(18(24)20-10-9-19)22-17(23)8-4-5-13-11-21-15-7-3-2-6-14(13)15/h2-3,6-7,11,16,21H,4-5,8,10,12H2,1H3,(H,20,24)(H,22,23). The molecule has 2 amide bonds. The minimum Gasteiger partial charge on any atom is -0.361 e. The van der Waals surface area contributed by atoms with Gasteiger partial charge in [0.2, 0.25) is 11.8 Å². The second-order valence-electron chi connectivity index (χ2n) is 6.30. The van der Waals surface area contributed by atoms with Gasteiger partial charge < -0.3 is 15.6 Å². The number of benzene rings is 1. The van der Waals surface area contributed by atoms with Gasteiger partial charge in [-0.2, -0.15) is 5.26 Å². The van der Waals surface area contributed by atoms with Gasteiger partial charge in [0.25, 0.3) is 0 Å². The molecule has 1 aromatic heterocycles. The number of nitrogens with one attached hydrogen (secondary N) is 3. The van der Waals surface area contributed by atoms with E-state index in [2.05, 4.69) is 15.6 Å². The van der Waals surface area contributed by atoms with Gasteiger partial charge >= 0.3 is 0 Å². The van der Waals surface area contributed by atoms with Crippen LogP contribution < -0.4 is 10.6 Å². The Morgan fingerprint density at radius 3 is 2.74 bits per heavy atom. The lowest BCUT2D eigenvalue weighted by atomic mass is 10.1. The normalized spacial score (nSPS) is 12.3. The number of carbonyl (C=O) groups excluding carboxylic acids is 2. The molecule has 9 heteroatoms. The molecule has 2 rings (SSSR count). The van der Waals surface area contributed by atoms with Gasteiger partial charge in [0, 0.05) is 29.8 Å². The van der Waals surface area contributed by atoms with E-state index in [4.69, 9.17) is 5.26 Å². The predicted octanol–water partition coefficient (Wildman–Crippen LogP) is 0.660. The van der Waals surface area contributed by atoms with E-state index < -0.39 is 33.4 Å². The van der Waals surface area contributed by atoms with Crippen molar-refractivity contribution in [3.63, 3.8) is 0 Å². The fraction of sp³-hybridized carbons (Fsp3) is 0.389. The van der Waals surface area contributed by atoms with Crippen LogP contribution in [0, 0.1) is 11.3 Å². The Morgan fingerprint density at radius 2 is 2.04 bits per heavy atom. The molecule has 144 valence electrons. The van der Waals surface area contributed by atoms with Gasteiger partial charge in [-0.15, -0.1) is 0 Å². The molecule has 0 aliphatic heterocycles. The molecular weight excluding hydrogens is 368 g/mol. The zero-order valence-electron chi connectivity index (χ0n) is 15.0. The van der Waals surface area contributed by atoms with Crippen molar-refractivity contribution in [3.05, 3.63) is 36.0 Å². The number of sulfone groups is 1. The minimum atomic E-state index is -3.48. The first-order chi connectivity index (χ1) is 12.8. The quantitative estimate of drug-likeness (QED) is 0.541. The van der Waals surface area contributed by atoms with Gasteiger partial charge in [-0.1, -0.05) is 18.2 Å². The van der Waals surface area contributed by atoms with E-state index in [1.165, 1.54) is 0 Å². The Labute approximate surface area is 157 Å². The van der Waals surface area contributed by atoms with E-state index in [-0.39, 0.29) is 13.0 Å². The molecule has 27 heavy (non-hydrogen) atoms. The summed E-state index contributed by atoms with van der Waals surface area (Å²) in [5, 5.41) is 14.3. The molecule has 0 spiro atoms. The van der Waals surface area contributed by atoms with Crippen molar-refractivity contribution in [3.8, 4) is 6.07 Å². The van der Waals surface area contributed by atoms with Crippen LogP contribution in [-0.2, 0) is 25.8 Å². The van der Waals surface area contributed by atoms with E-state index in [1.807, 2.05) is 30.5 Å². The highest BCUT2D eigenvalue weighted by Gasteiger charge is 2.24. The highest BCUT2D eigenvalue weighted by molar-refractivity contribution is 7.90. The molecule has 0 radical (unpaired) electrons. The SMILES string of the molecule is CS(=O)(=O)CC(NC(=O)CCCc1c[nH]c2ccccc12)C(=O)NCC#N. The largest absolute Gasteiger partial charge is 0.361 e. The summed E-state index contributed by atoms with van der Waals surface area (Å²) in [6.45, 7) is -0.254. The molecule has 3 N–H and O–H groups in total. The van der Waals surface area contributed by atoms with Crippen molar-refractivity contribution >= 4 is 32.6 Å². The highest BCUT2D eigenvalue weighted by atomic mass is 32.2. The number of carbonyl (C=O) groups is 2. The number of para-hydroxylation sites is 1. The molecule has 1 unspecified atom stereocenters. The average molecular weight is 390 g/mol. The second kappa shape index (κ2) is 9.19. The summed E-state index contributed by atoms with van der Waals surface area (Å²) >= 11 is 0. The molecule has 8 nitrogen and oxygen atoms in total. The zero-order valence-corrected chi connectivity index (χ0v) is 15.8. The van der Waals surface area contributed by atoms with E-state index in [0.29, 0.717) is 12.8 Å². The number of amides is 2. The number of rotatable bonds is 9. The lowest BCUT2D eigenvalue weighted by Gasteiger charge is -2.16. The fourth-order valence-electron chi connectivity index (χ4n) is 2.78. The first-order valence-electron chi connectivity index (χ1n) is 8.47. The number of nitrogens with zero attached hydrogens (tertiary/aromatic N) is 1. The summed E-state index contributed by atoms with van der Waals surface area (Å²) in [6.07, 6.45) is 4.28. The first-order valence-corrected chi connectivity index (χ1v) is 10.5. The number of hydrogen-bond donors (Lipinski definition) is 3. The summed E-state index contributed by atoms with van der Waals surface area (Å²) in [5.41, 5.74) is 2.12. The van der Waals surface area contributed by atoms with E-state index in [0.717, 1.165) is 22.7 Å². The lowest BCUT2D eigenvalue weighted by Crippen LogP contribution is -2.50. The maximum atomic E-state index is 12.2. The van der Waals surface area contributed by atoms with Gasteiger partial charge in [0.1, 0.15) is 22.4 Å². The van der Waals surface area contributed by atoms with Crippen LogP contribution >= 0.6 is 0 Å². The molecule has 1 atom stereocenters. The lowest BCUT2D eigenvalue weighted by molar-refractivity contribution is -0.128. The van der Waals surface area contributed by atoms with Gasteiger partial charge in [0.05, 0.1) is 11.8 Å². The number of H-pyrrole nitrogens is 1. The number of hydrogen-bond acceptors (Lipinski definition) is 5. The zero-order chi connectivity index (χ0) is 19.9. The third-order valence-corrected chi connectivity index (χ3v) is 4.93. The molecule has 2 aromatic rings. The highest BCUT2D eigenvalue weighted by Crippen LogP contribution is 2.19. The van der Waals surface area contributed by atoms with Gasteiger partial charge in [0.15, 0.2) is 0 Å². The number of aryl methyl sites for hydroxylation is 1. The Morgan fingerprint density at radius 1 is 1.30 bits per heavy atom. The van der Waals surface area contributed by atoms with E-state index >= 15 is 0 Å². The van der Waals surface area contributed by atoms with Crippen molar-refractivity contribution in [2.24, 2.45) is 0 Å². The van der Waals surface area contributed by atoms with Crippen molar-refractivity contribution in [2.75, 3.05) is 18.6 Å². The molecule has 0 saturated heterocycles. The molecule has 1 heterocycles. The smallest absolute Gasteiger partial charge is 0.244 e. The Hall–Kier alpha value is -2.86. The van der Waals surface area contributed by atoms with Crippen LogP contribution in [0.25, 0.3) is 10.9 Å². The van der Waals surface area contributed by atoms with Crippen LogP contribution in [-0.4, -0.2) is 49.8 Å². The Bertz CT molecular complexity index is 959. The number of fused-ring (bicyclic) bond motifs is 1. The molecule has 0 fully saturated rings. The molecule has 1 aromatic carbocycles. The van der Waals surface area contributed by atoms with Crippen molar-refractivity contribution in [2.45, 2.75) is 25.3 Å². The van der Waals surface area contributed by atoms with Crippen LogP contribution in [0.1, 0.15) is 18.4 Å². The van der Waals surface area contributed by atoms with Gasteiger partial charge in [-0.05, 0) is 24.5 Å². The average Bonchev–Trinajstić information content (AvgIpc) is 3.01. The molecule has 0 bridgehead atoms. The predicted molar refractivity (Wildman–Crippen MR) is 102 cm³/mol. The number of aromatic nitrogens is 1. The fourth-order valence-corrected chi connectivity index (χ4v) is 3.62. The van der Waals surface area contributed by atoms with Crippen LogP contribution in [0.15, 0.2) is 30.5 Å². The second-order valence-corrected chi connectivity index (χ2v) is 8.49. The first kappa shape index (κ1) is 20.5. The minimum absolute atomic E-state index is 0.158. The topological polar surface area (TPSA) is 132 Å². The van der Waals surface area contributed by atoms with Crippen LogP contribution in [0.3, 0.4) is 0 Å². The maximum Gasteiger partial charge on any atom is 0.244 e. The Balaban J connectivity index is 1.90. The molecule has 0 saturated carbocycles. The summed E-state index contributed by atoms with van der Waals surface area (Å²) in [4.78, 5) is 27.3. The monoisotopic (exact) mass is 390 g/mol. The van der Waals surface area contributed by atoms with Crippen LogP contribution in [0.2, 0.25) is 0 Å². The summed E-state index contributed by atoms with van der Waals surface area (Å²) in [7, 11) is -3.48. The summed E-state index contributed by atoms with van der Waals surface area (Å²) in [5.74, 6) is -1.61. The Kier molecular flexibility index (Phi) is 6.96. The summed E-state index contributed by atoms with van der Waals surface area (Å²) in [6, 6.07) is 8.39. The van der Waals surface area contributed by atoms with Gasteiger partial charge in [-0.3, -0.25) is 9.59 Å². The van der Waals surface area contributed by atoms with Gasteiger partial charge in [-0.25, -0.2) is 8.42 Å². The number of aromatic amines is 1. The van der Waals surface area contributed by atoms with Crippen molar-refractivity contribution < 1.29 is 18.0 Å². The van der Waals surface area contributed by atoms with Crippen molar-refractivity contribution in [1.82, 2.24) is 15.6 Å². The van der Waals surface area contributed by atoms with Crippen molar-refractivity contribution in [1.29, 1.82) is 5.26 Å². The number of nitriles is 1. The van der Waals surface area contributed by atoms with Crippen LogP contribution in [0.5, 0.6) is 0 Å². The molecule has 0 aliphatic rings. The van der Waals surface area contributed by atoms with E-state index in [1.54, 1.807) is 6.07 Å². The third-order valence-electron chi connectivity index (χ3n) is 3.99. The molecule has 0 aliphatic carbocycles. The third kappa shape index (κ3) is 6.42. The summed E-state index contributed by atoms with van der Waals surface area (Å²) < 4.78 is 23.0.